The van der Waals surface area contributed by atoms with Crippen LogP contribution in [0.3, 0.4) is 0 Å². The number of hydrogen-bond donors (Lipinski definition) is 3. The SMILES string of the molecule is CN(C(=O)/C=C/CN(C)C1CC1)c1ccc(-n2nc(-c3ccc(Oc4ccccc4)cc3)c3c(N)ncnc32)cc1.CN(C(=O)/C=C/CN(C)C1CCC1)c1ccc(-n2nc(-c3ccc(Oc4ccccc4)cc3)c3c(N)ncnc32)cc1.CN(C/C=C/C(=O)N1CCC(n2nc(-c3ccc(Oc4ccccc4)cc3)c3c(N)ncnc32)CC1)C1CC1. The molecular weight excluding hydrogens is 1530 g/mol. The fourth-order valence-corrected chi connectivity index (χ4v) is 14.9. The van der Waals surface area contributed by atoms with Gasteiger partial charge in [-0.1, -0.05) is 79.2 Å². The van der Waals surface area contributed by atoms with Crippen LogP contribution in [-0.2, 0) is 14.4 Å². The molecule has 618 valence electrons. The molecule has 6 aromatic heterocycles. The number of rotatable bonds is 26. The minimum absolute atomic E-state index is 0.0724. The average molecular weight is 1630 g/mol. The lowest BCUT2D eigenvalue weighted by atomic mass is 9.92. The highest BCUT2D eigenvalue weighted by Crippen LogP contribution is 2.40. The highest BCUT2D eigenvalue weighted by molar-refractivity contribution is 6.03. The van der Waals surface area contributed by atoms with Gasteiger partial charge in [0.1, 0.15) is 88.0 Å². The standard InChI is InChI=1S/C33H33N7O2.C32H31N7O2.C30H33N7O2/c1-38(24-8-6-9-24)21-7-12-29(41)39(2)25-15-17-26(18-16-25)40-33-30(32(34)35-22-36-33)31(37-40)23-13-19-28(20-14-23)42-27-10-4-3-5-11-27;1-37(23-12-13-23)20-6-9-28(40)38(2)24-14-16-25(17-15-24)39-32-29(31(33)34-21-35-32)30(36-39)22-10-18-27(19-11-22)41-26-7-4-3-5-8-26;1-35(22-11-12-22)17-5-8-26(38)36-18-15-23(16-19-36)37-30-27(29(31)32-20-33-30)28(34-37)21-9-13-25(14-10-21)39-24-6-3-2-4-7-24/h3-5,7,10-20,22,24H,6,8-9,21H2,1-2H3,(H2,34,35,36);3-11,14-19,21,23H,12-13,20H2,1-2H3,(H2,33,34,35);2-10,13-14,20,22-23H,11-12,15-19H2,1H3,(H2,31,32,33)/b12-7+;9-6+;8-5+. The Balaban J connectivity index is 0.000000136. The van der Waals surface area contributed by atoms with Crippen LogP contribution < -0.4 is 41.2 Å². The van der Waals surface area contributed by atoms with Gasteiger partial charge in [-0.2, -0.15) is 15.3 Å². The predicted molar refractivity (Wildman–Crippen MR) is 478 cm³/mol. The number of likely N-dealkylation sites (N-methyl/N-ethyl adjacent to an activating group) is 5. The maximum atomic E-state index is 12.8. The molecule has 7 heterocycles. The van der Waals surface area contributed by atoms with Crippen LogP contribution in [-0.4, -0.2) is 183 Å². The van der Waals surface area contributed by atoms with Gasteiger partial charge in [-0.15, -0.1) is 0 Å². The van der Waals surface area contributed by atoms with Crippen LogP contribution in [0.2, 0.25) is 0 Å². The number of carbonyl (C=O) groups is 3. The number of nitrogens with zero attached hydrogens (tertiary/aromatic N) is 18. The van der Waals surface area contributed by atoms with E-state index in [1.54, 1.807) is 51.5 Å². The highest BCUT2D eigenvalue weighted by atomic mass is 16.5. The fourth-order valence-electron chi connectivity index (χ4n) is 14.9. The van der Waals surface area contributed by atoms with E-state index in [0.717, 1.165) is 112 Å². The first-order valence-electron chi connectivity index (χ1n) is 41.1. The molecule has 8 aromatic carbocycles. The van der Waals surface area contributed by atoms with E-state index in [-0.39, 0.29) is 23.8 Å². The summed E-state index contributed by atoms with van der Waals surface area (Å²) < 4.78 is 23.3. The van der Waals surface area contributed by atoms with Crippen LogP contribution in [0.4, 0.5) is 28.8 Å². The number of fused-ring (bicyclic) bond motifs is 3. The molecule has 27 nitrogen and oxygen atoms in total. The number of aromatic nitrogens is 12. The number of ether oxygens (including phenoxy) is 3. The first kappa shape index (κ1) is 81.5. The second-order valence-corrected chi connectivity index (χ2v) is 31.0. The van der Waals surface area contributed by atoms with E-state index in [1.807, 2.05) is 240 Å². The van der Waals surface area contributed by atoms with Crippen molar-refractivity contribution in [2.24, 2.45) is 0 Å². The van der Waals surface area contributed by atoms with Gasteiger partial charge in [-0.3, -0.25) is 29.1 Å². The largest absolute Gasteiger partial charge is 0.457 e. The number of carbonyl (C=O) groups excluding carboxylic acids is 3. The molecule has 0 unspecified atom stereocenters. The van der Waals surface area contributed by atoms with Crippen LogP contribution in [0, 0.1) is 0 Å². The number of benzene rings is 8. The molecule has 14 aromatic rings. The van der Waals surface area contributed by atoms with E-state index >= 15 is 0 Å². The number of nitrogen functional groups attached to an aromatic ring is 3. The van der Waals surface area contributed by atoms with Crippen molar-refractivity contribution in [2.75, 3.05) is 95.0 Å². The molecule has 3 amide bonds. The predicted octanol–water partition coefficient (Wildman–Crippen LogP) is 16.0. The van der Waals surface area contributed by atoms with Crippen molar-refractivity contribution >= 4 is 79.7 Å². The Morgan fingerprint density at radius 2 is 0.705 bits per heavy atom. The molecule has 4 fully saturated rings. The number of nitrogens with two attached hydrogens (primary N) is 3. The molecule has 6 N–H and O–H groups in total. The van der Waals surface area contributed by atoms with Gasteiger partial charge < -0.3 is 46.1 Å². The summed E-state index contributed by atoms with van der Waals surface area (Å²) in [5, 5.41) is 16.9. The molecule has 4 aliphatic rings. The van der Waals surface area contributed by atoms with Crippen molar-refractivity contribution in [2.45, 2.75) is 82.0 Å². The highest BCUT2D eigenvalue weighted by Gasteiger charge is 2.31. The fraction of sp³-hybridized carbons (Fsp3) is 0.242. The summed E-state index contributed by atoms with van der Waals surface area (Å²) in [7, 11) is 9.86. The average Bonchev–Trinajstić information content (AvgIpc) is 1.62. The van der Waals surface area contributed by atoms with Crippen molar-refractivity contribution < 1.29 is 28.6 Å². The van der Waals surface area contributed by atoms with Crippen LogP contribution in [0.1, 0.15) is 63.8 Å². The van der Waals surface area contributed by atoms with Gasteiger partial charge in [0.2, 0.25) is 17.7 Å². The molecule has 0 bridgehead atoms. The van der Waals surface area contributed by atoms with E-state index in [1.165, 1.54) is 63.9 Å². The Bertz CT molecular complexity index is 6050. The van der Waals surface area contributed by atoms with Crippen molar-refractivity contribution in [1.29, 1.82) is 0 Å². The Kier molecular flexibility index (Phi) is 24.9. The number of piperidine rings is 1. The maximum Gasteiger partial charge on any atom is 0.250 e. The van der Waals surface area contributed by atoms with E-state index in [0.29, 0.717) is 93.6 Å². The Morgan fingerprint density at radius 1 is 0.377 bits per heavy atom. The van der Waals surface area contributed by atoms with Crippen LogP contribution >= 0.6 is 0 Å². The summed E-state index contributed by atoms with van der Waals surface area (Å²) in [6.45, 7) is 3.71. The number of anilines is 5. The van der Waals surface area contributed by atoms with Crippen molar-refractivity contribution in [3.05, 3.63) is 268 Å². The molecule has 1 aliphatic heterocycles. The third-order valence-corrected chi connectivity index (χ3v) is 22.6. The molecular formula is C95H97N21O6. The summed E-state index contributed by atoms with van der Waals surface area (Å²) in [5.41, 5.74) is 28.7. The summed E-state index contributed by atoms with van der Waals surface area (Å²) in [4.78, 5) is 76.5. The van der Waals surface area contributed by atoms with Gasteiger partial charge in [0, 0.05) is 111 Å². The molecule has 3 saturated carbocycles. The Labute approximate surface area is 707 Å². The number of para-hydroxylation sites is 3. The smallest absolute Gasteiger partial charge is 0.250 e. The molecule has 122 heavy (non-hydrogen) atoms. The Morgan fingerprint density at radius 3 is 1.06 bits per heavy atom. The monoisotopic (exact) mass is 1630 g/mol. The van der Waals surface area contributed by atoms with Gasteiger partial charge in [0.25, 0.3) is 0 Å². The molecule has 18 rings (SSSR count). The zero-order chi connectivity index (χ0) is 84.2. The molecule has 0 spiro atoms. The van der Waals surface area contributed by atoms with Crippen LogP contribution in [0.5, 0.6) is 34.5 Å². The van der Waals surface area contributed by atoms with Crippen molar-refractivity contribution in [1.82, 2.24) is 78.8 Å². The third kappa shape index (κ3) is 19.2. The normalized spacial score (nSPS) is 14.3. The third-order valence-electron chi connectivity index (χ3n) is 22.6. The van der Waals surface area contributed by atoms with Gasteiger partial charge in [0.05, 0.1) is 33.6 Å². The maximum absolute atomic E-state index is 12.8. The van der Waals surface area contributed by atoms with E-state index in [2.05, 4.69) is 65.7 Å². The number of likely N-dealkylation sites (tertiary alicyclic amines) is 1. The van der Waals surface area contributed by atoms with Crippen molar-refractivity contribution in [3.63, 3.8) is 0 Å². The lowest BCUT2D eigenvalue weighted by Gasteiger charge is -2.33. The first-order valence-corrected chi connectivity index (χ1v) is 41.1. The van der Waals surface area contributed by atoms with E-state index in [9.17, 15) is 14.4 Å². The van der Waals surface area contributed by atoms with Gasteiger partial charge in [0.15, 0.2) is 16.9 Å². The molecule has 1 saturated heterocycles. The quantitative estimate of drug-likeness (QED) is 0.0424. The lowest BCUT2D eigenvalue weighted by Crippen LogP contribution is -2.38. The summed E-state index contributed by atoms with van der Waals surface area (Å²) in [5.74, 6) is 5.51. The topological polar surface area (TPSA) is 307 Å². The molecule has 3 aliphatic carbocycles. The van der Waals surface area contributed by atoms with Crippen LogP contribution in [0.15, 0.2) is 268 Å². The number of hydrogen-bond acceptors (Lipinski definition) is 21. The van der Waals surface area contributed by atoms with Gasteiger partial charge in [-0.05, 0) is 230 Å². The first-order chi connectivity index (χ1) is 59.5. The van der Waals surface area contributed by atoms with Crippen molar-refractivity contribution in [3.8, 4) is 79.6 Å². The number of amides is 3. The zero-order valence-corrected chi connectivity index (χ0v) is 68.8. The van der Waals surface area contributed by atoms with Crippen LogP contribution in [0.25, 0.3) is 78.2 Å². The second-order valence-electron chi connectivity index (χ2n) is 31.0. The second kappa shape index (κ2) is 37.3. The minimum atomic E-state index is -0.0750. The summed E-state index contributed by atoms with van der Waals surface area (Å²) in [6.07, 6.45) is 25.6. The van der Waals surface area contributed by atoms with E-state index < -0.39 is 0 Å². The molecule has 0 radical (unpaired) electrons. The van der Waals surface area contributed by atoms with Gasteiger partial charge in [-0.25, -0.2) is 43.9 Å². The minimum Gasteiger partial charge on any atom is -0.457 e. The van der Waals surface area contributed by atoms with E-state index in [4.69, 9.17) is 46.7 Å². The lowest BCUT2D eigenvalue weighted by molar-refractivity contribution is -0.127. The molecule has 27 heteroatoms. The summed E-state index contributed by atoms with van der Waals surface area (Å²) >= 11 is 0. The Hall–Kier alpha value is -14.3. The van der Waals surface area contributed by atoms with Gasteiger partial charge >= 0.3 is 0 Å². The zero-order valence-electron chi connectivity index (χ0n) is 68.8. The molecule has 0 atom stereocenters. The summed E-state index contributed by atoms with van der Waals surface area (Å²) in [6, 6.07) is 69.4.